The molecular formula is C37H41Cl3N10O5. The second-order valence-electron chi connectivity index (χ2n) is 13.5. The summed E-state index contributed by atoms with van der Waals surface area (Å²) in [5.41, 5.74) is 0.860. The van der Waals surface area contributed by atoms with E-state index in [9.17, 15) is 24.9 Å². The zero-order valence-electron chi connectivity index (χ0n) is 29.6. The highest BCUT2D eigenvalue weighted by Gasteiger charge is 2.44. The van der Waals surface area contributed by atoms with Crippen LogP contribution in [0.2, 0.25) is 10.0 Å². The molecule has 3 aromatic heterocycles. The van der Waals surface area contributed by atoms with E-state index in [1.54, 1.807) is 84.5 Å². The molecule has 1 aliphatic heterocycles. The summed E-state index contributed by atoms with van der Waals surface area (Å²) in [5.74, 6) is 0.400. The number of hydrogen-bond acceptors (Lipinski definition) is 11. The third kappa shape index (κ3) is 8.57. The van der Waals surface area contributed by atoms with E-state index in [4.69, 9.17) is 33.2 Å². The van der Waals surface area contributed by atoms with Gasteiger partial charge in [-0.1, -0.05) is 54.4 Å². The molecule has 2 aliphatic rings. The molecule has 7 N–H and O–H groups in total. The number of benzene rings is 2. The standard InChI is InChI=1S/C37H40Cl2N10O5.ClH/c1-2-29(50)45-27-16-28(32(52)31(27)51)49-20-42-30-33(41-19-37(54,21-5-9-23(38)10-6-21)22-7-11-24(39)12-8-22)46-35(47-34(30)49)48-15-13-26(18-48)44-36(53)43-25-4-3-14-40-17-25;/h3-12,14,17,20,26-28,31-32,51-52,54H,2,13,15-16,18-19H2,1H3,(H,45,50)(H,41,46,47)(H2,43,44,53);1H/t26-,27+,28-,31-,32+;/m1./s1. The van der Waals surface area contributed by atoms with Gasteiger partial charge in [-0.15, -0.1) is 12.4 Å². The maximum atomic E-state index is 12.8. The minimum Gasteiger partial charge on any atom is -0.388 e. The number of anilines is 3. The van der Waals surface area contributed by atoms with Crippen LogP contribution in [0.4, 0.5) is 22.2 Å². The average molecular weight is 812 g/mol. The first-order valence-electron chi connectivity index (χ1n) is 17.6. The van der Waals surface area contributed by atoms with Crippen molar-refractivity contribution in [1.29, 1.82) is 0 Å². The van der Waals surface area contributed by atoms with Crippen LogP contribution in [-0.4, -0.2) is 95.7 Å². The van der Waals surface area contributed by atoms with Crippen molar-refractivity contribution >= 4 is 76.2 Å². The smallest absolute Gasteiger partial charge is 0.319 e. The third-order valence-electron chi connectivity index (χ3n) is 9.97. The first kappa shape index (κ1) is 39.9. The lowest BCUT2D eigenvalue weighted by Gasteiger charge is -2.30. The predicted molar refractivity (Wildman–Crippen MR) is 212 cm³/mol. The topological polar surface area (TPSA) is 203 Å². The van der Waals surface area contributed by atoms with Crippen molar-refractivity contribution < 1.29 is 24.9 Å². The average Bonchev–Trinajstić information content (AvgIpc) is 3.89. The Bertz CT molecular complexity index is 2060. The molecule has 3 amide bonds. The van der Waals surface area contributed by atoms with Crippen LogP contribution in [-0.2, 0) is 10.4 Å². The lowest BCUT2D eigenvalue weighted by molar-refractivity contribution is -0.122. The van der Waals surface area contributed by atoms with Gasteiger partial charge in [0.2, 0.25) is 11.9 Å². The third-order valence-corrected chi connectivity index (χ3v) is 10.5. The number of aliphatic hydroxyl groups is 3. The monoisotopic (exact) mass is 810 g/mol. The zero-order valence-corrected chi connectivity index (χ0v) is 32.0. The predicted octanol–water partition coefficient (Wildman–Crippen LogP) is 4.26. The number of fused-ring (bicyclic) bond motifs is 1. The van der Waals surface area contributed by atoms with Crippen molar-refractivity contribution in [3.63, 3.8) is 0 Å². The first-order chi connectivity index (χ1) is 26.0. The fourth-order valence-corrected chi connectivity index (χ4v) is 7.28. The van der Waals surface area contributed by atoms with Gasteiger partial charge in [-0.2, -0.15) is 9.97 Å². The fourth-order valence-electron chi connectivity index (χ4n) is 7.03. The van der Waals surface area contributed by atoms with Crippen molar-refractivity contribution in [3.8, 4) is 0 Å². The second kappa shape index (κ2) is 16.9. The number of carbonyl (C=O) groups excluding carboxylic acids is 2. The number of halogens is 3. The van der Waals surface area contributed by atoms with E-state index in [0.717, 1.165) is 0 Å². The molecule has 1 saturated carbocycles. The Balaban J connectivity index is 0.00000514. The number of nitrogens with one attached hydrogen (secondary N) is 4. The molecule has 1 aliphatic carbocycles. The quantitative estimate of drug-likeness (QED) is 0.101. The van der Waals surface area contributed by atoms with Crippen molar-refractivity contribution in [1.82, 2.24) is 35.1 Å². The lowest BCUT2D eigenvalue weighted by Crippen LogP contribution is -2.42. The van der Waals surface area contributed by atoms with Crippen LogP contribution in [0.3, 0.4) is 0 Å². The Labute approximate surface area is 332 Å². The Hall–Kier alpha value is -4.77. The highest BCUT2D eigenvalue weighted by atomic mass is 35.5. The van der Waals surface area contributed by atoms with E-state index in [0.29, 0.717) is 69.3 Å². The zero-order chi connectivity index (χ0) is 38.0. The Kier molecular flexibility index (Phi) is 12.3. The van der Waals surface area contributed by atoms with Crippen molar-refractivity contribution in [2.24, 2.45) is 0 Å². The highest BCUT2D eigenvalue weighted by Crippen LogP contribution is 2.36. The van der Waals surface area contributed by atoms with Crippen LogP contribution in [0.25, 0.3) is 11.2 Å². The molecule has 15 nitrogen and oxygen atoms in total. The summed E-state index contributed by atoms with van der Waals surface area (Å²) in [6, 6.07) is 15.3. The summed E-state index contributed by atoms with van der Waals surface area (Å²) in [6.07, 6.45) is 3.36. The van der Waals surface area contributed by atoms with Gasteiger partial charge in [-0.3, -0.25) is 9.78 Å². The number of rotatable bonds is 11. The maximum absolute atomic E-state index is 12.8. The van der Waals surface area contributed by atoms with Gasteiger partial charge in [0.05, 0.1) is 36.8 Å². The van der Waals surface area contributed by atoms with Gasteiger partial charge in [0.1, 0.15) is 17.8 Å². The number of urea groups is 1. The normalized spacial score (nSPS) is 20.9. The maximum Gasteiger partial charge on any atom is 0.319 e. The van der Waals surface area contributed by atoms with Gasteiger partial charge in [0.15, 0.2) is 17.0 Å². The minimum absolute atomic E-state index is 0. The first-order valence-corrected chi connectivity index (χ1v) is 18.4. The van der Waals surface area contributed by atoms with E-state index in [1.165, 1.54) is 6.33 Å². The number of hydrogen-bond donors (Lipinski definition) is 7. The van der Waals surface area contributed by atoms with Crippen molar-refractivity contribution in [2.45, 2.75) is 62.1 Å². The molecule has 0 unspecified atom stereocenters. The van der Waals surface area contributed by atoms with Gasteiger partial charge in [-0.05, 0) is 60.4 Å². The van der Waals surface area contributed by atoms with Gasteiger partial charge in [0, 0.05) is 41.8 Å². The van der Waals surface area contributed by atoms with Crippen LogP contribution in [0.5, 0.6) is 0 Å². The number of nitrogens with zero attached hydrogens (tertiary/aromatic N) is 6. The largest absolute Gasteiger partial charge is 0.388 e. The number of imidazole rings is 1. The Morgan fingerprint density at radius 2 is 1.65 bits per heavy atom. The van der Waals surface area contributed by atoms with E-state index < -0.39 is 29.9 Å². The summed E-state index contributed by atoms with van der Waals surface area (Å²) in [7, 11) is 0. The molecule has 2 aromatic carbocycles. The molecule has 18 heteroatoms. The van der Waals surface area contributed by atoms with Gasteiger partial charge < -0.3 is 46.1 Å². The van der Waals surface area contributed by atoms with Crippen LogP contribution in [0.15, 0.2) is 79.4 Å². The number of aromatic nitrogens is 5. The van der Waals surface area contributed by atoms with Gasteiger partial charge >= 0.3 is 6.03 Å². The number of carbonyl (C=O) groups is 2. The summed E-state index contributed by atoms with van der Waals surface area (Å²) in [4.78, 5) is 45.4. The molecule has 7 rings (SSSR count). The molecule has 290 valence electrons. The molecule has 0 radical (unpaired) electrons. The second-order valence-corrected chi connectivity index (χ2v) is 14.4. The minimum atomic E-state index is -1.57. The van der Waals surface area contributed by atoms with Gasteiger partial charge in [0.25, 0.3) is 0 Å². The van der Waals surface area contributed by atoms with E-state index in [1.807, 2.05) is 4.90 Å². The van der Waals surface area contributed by atoms with Crippen LogP contribution < -0.4 is 26.2 Å². The Morgan fingerprint density at radius 3 is 2.29 bits per heavy atom. The van der Waals surface area contributed by atoms with Crippen LogP contribution in [0.1, 0.15) is 43.4 Å². The van der Waals surface area contributed by atoms with Gasteiger partial charge in [-0.25, -0.2) is 9.78 Å². The summed E-state index contributed by atoms with van der Waals surface area (Å²) < 4.78 is 1.69. The molecule has 5 atom stereocenters. The lowest BCUT2D eigenvalue weighted by atomic mass is 9.86. The Morgan fingerprint density at radius 1 is 0.964 bits per heavy atom. The fraction of sp³-hybridized carbons (Fsp3) is 0.351. The SMILES string of the molecule is CCC(=O)N[C@H]1C[C@@H](n2cnc3c(NCC(O)(c4ccc(Cl)cc4)c4ccc(Cl)cc4)nc(N4CC[C@@H](NC(=O)Nc5cccnc5)C4)nc32)[C@H](O)[C@@H]1O.Cl. The van der Waals surface area contributed by atoms with E-state index in [-0.39, 0.29) is 49.8 Å². The number of amides is 3. The van der Waals surface area contributed by atoms with Crippen molar-refractivity contribution in [3.05, 3.63) is 101 Å². The summed E-state index contributed by atoms with van der Waals surface area (Å²) >= 11 is 12.4. The van der Waals surface area contributed by atoms with E-state index in [2.05, 4.69) is 31.2 Å². The molecular weight excluding hydrogens is 771 g/mol. The summed E-state index contributed by atoms with van der Waals surface area (Å²) in [5, 5.41) is 47.4. The van der Waals surface area contributed by atoms with Crippen LogP contribution >= 0.6 is 35.6 Å². The molecule has 4 heterocycles. The molecule has 1 saturated heterocycles. The number of aliphatic hydroxyl groups excluding tert-OH is 2. The molecule has 5 aromatic rings. The molecule has 0 spiro atoms. The van der Waals surface area contributed by atoms with Crippen LogP contribution in [0, 0.1) is 0 Å². The molecule has 2 fully saturated rings. The van der Waals surface area contributed by atoms with Crippen molar-refractivity contribution in [2.75, 3.05) is 35.2 Å². The van der Waals surface area contributed by atoms with E-state index >= 15 is 0 Å². The summed E-state index contributed by atoms with van der Waals surface area (Å²) in [6.45, 7) is 2.58. The highest BCUT2D eigenvalue weighted by molar-refractivity contribution is 6.30. The molecule has 55 heavy (non-hydrogen) atoms. The number of pyridine rings is 1. The molecule has 0 bridgehead atoms.